The van der Waals surface area contributed by atoms with Gasteiger partial charge >= 0.3 is 12.4 Å². The number of hydrogen-bond acceptors (Lipinski definition) is 4. The van der Waals surface area contributed by atoms with Gasteiger partial charge < -0.3 is 25.2 Å². The highest BCUT2D eigenvalue weighted by molar-refractivity contribution is 5.94. The molecule has 1 heterocycles. The molecule has 1 aromatic carbocycles. The van der Waals surface area contributed by atoms with E-state index >= 15 is 0 Å². The van der Waals surface area contributed by atoms with Gasteiger partial charge in [-0.3, -0.25) is 4.79 Å². The van der Waals surface area contributed by atoms with Gasteiger partial charge in [0.1, 0.15) is 5.75 Å². The van der Waals surface area contributed by atoms with Crippen LogP contribution in [0, 0.1) is 5.92 Å². The van der Waals surface area contributed by atoms with Crippen molar-refractivity contribution in [2.75, 3.05) is 39.8 Å². The van der Waals surface area contributed by atoms with Gasteiger partial charge in [-0.15, -0.1) is 13.2 Å². The van der Waals surface area contributed by atoms with Crippen LogP contribution in [0.5, 0.6) is 5.75 Å². The Bertz CT molecular complexity index is 772. The van der Waals surface area contributed by atoms with Gasteiger partial charge in [0.2, 0.25) is 0 Å². The summed E-state index contributed by atoms with van der Waals surface area (Å²) in [5.41, 5.74) is -0.111. The van der Waals surface area contributed by atoms with E-state index < -0.39 is 18.0 Å². The Hall–Kier alpha value is -2.49. The second-order valence-corrected chi connectivity index (χ2v) is 9.03. The number of alkyl halides is 3. The zero-order valence-electron chi connectivity index (χ0n) is 19.1. The summed E-state index contributed by atoms with van der Waals surface area (Å²) in [7, 11) is 1.77. The number of rotatable bonds is 7. The van der Waals surface area contributed by atoms with Gasteiger partial charge in [0.25, 0.3) is 5.91 Å². The lowest BCUT2D eigenvalue weighted by atomic mass is 9.96. The first-order valence-corrected chi connectivity index (χ1v) is 10.7. The third kappa shape index (κ3) is 8.57. The van der Waals surface area contributed by atoms with Crippen molar-refractivity contribution in [1.29, 1.82) is 0 Å². The number of ether oxygens (including phenoxy) is 1. The second kappa shape index (κ2) is 10.9. The molecule has 0 unspecified atom stereocenters. The van der Waals surface area contributed by atoms with Gasteiger partial charge in [-0.25, -0.2) is 4.79 Å². The highest BCUT2D eigenvalue weighted by Gasteiger charge is 2.31. The van der Waals surface area contributed by atoms with Crippen molar-refractivity contribution in [2.45, 2.75) is 45.5 Å². The van der Waals surface area contributed by atoms with E-state index in [4.69, 9.17) is 0 Å². The zero-order chi connectivity index (χ0) is 23.9. The lowest BCUT2D eigenvalue weighted by Crippen LogP contribution is -2.49. The summed E-state index contributed by atoms with van der Waals surface area (Å²) in [4.78, 5) is 28.4. The number of carbonyl (C=O) groups excluding carboxylic acids is 2. The molecule has 180 valence electrons. The number of likely N-dealkylation sites (tertiary alicyclic amines) is 1. The van der Waals surface area contributed by atoms with Crippen LogP contribution in [-0.2, 0) is 0 Å². The third-order valence-electron chi connectivity index (χ3n) is 5.60. The number of nitrogens with one attached hydrogen (secondary N) is 2. The van der Waals surface area contributed by atoms with E-state index in [0.717, 1.165) is 44.6 Å². The van der Waals surface area contributed by atoms with Crippen molar-refractivity contribution in [3.05, 3.63) is 29.8 Å². The average Bonchev–Trinajstić information content (AvgIpc) is 2.70. The minimum absolute atomic E-state index is 0.0974. The molecular weight excluding hydrogens is 425 g/mol. The Kier molecular flexibility index (Phi) is 8.77. The Morgan fingerprint density at radius 2 is 1.81 bits per heavy atom. The lowest BCUT2D eigenvalue weighted by molar-refractivity contribution is -0.274. The first-order valence-electron chi connectivity index (χ1n) is 10.7. The van der Waals surface area contributed by atoms with Crippen LogP contribution in [0.2, 0.25) is 0 Å². The molecule has 2 N–H and O–H groups in total. The maximum Gasteiger partial charge on any atom is 0.573 e. The number of hydrogen-bond donors (Lipinski definition) is 2. The second-order valence-electron chi connectivity index (χ2n) is 9.03. The largest absolute Gasteiger partial charge is 0.573 e. The number of urea groups is 1. The van der Waals surface area contributed by atoms with Crippen molar-refractivity contribution in [3.63, 3.8) is 0 Å². The summed E-state index contributed by atoms with van der Waals surface area (Å²) in [5.74, 6) is -0.545. The summed E-state index contributed by atoms with van der Waals surface area (Å²) in [5, 5.41) is 5.73. The molecule has 0 aromatic heterocycles. The van der Waals surface area contributed by atoms with Gasteiger partial charge in [0, 0.05) is 37.8 Å². The molecule has 0 saturated carbocycles. The molecule has 1 aliphatic rings. The smallest absolute Gasteiger partial charge is 0.406 e. The number of amides is 3. The molecule has 32 heavy (non-hydrogen) atoms. The first-order chi connectivity index (χ1) is 14.8. The molecule has 0 aliphatic carbocycles. The molecule has 0 radical (unpaired) electrons. The van der Waals surface area contributed by atoms with Crippen LogP contribution in [0.25, 0.3) is 0 Å². The summed E-state index contributed by atoms with van der Waals surface area (Å²) < 4.78 is 40.9. The predicted octanol–water partition coefficient (Wildman–Crippen LogP) is 3.47. The van der Waals surface area contributed by atoms with E-state index in [9.17, 15) is 22.8 Å². The van der Waals surface area contributed by atoms with Crippen molar-refractivity contribution >= 4 is 11.9 Å². The fourth-order valence-corrected chi connectivity index (χ4v) is 3.33. The predicted molar refractivity (Wildman–Crippen MR) is 116 cm³/mol. The highest BCUT2D eigenvalue weighted by Crippen LogP contribution is 2.23. The van der Waals surface area contributed by atoms with Crippen LogP contribution in [0.15, 0.2) is 24.3 Å². The minimum atomic E-state index is -4.80. The lowest BCUT2D eigenvalue weighted by Gasteiger charge is -2.34. The highest BCUT2D eigenvalue weighted by atomic mass is 19.4. The van der Waals surface area contributed by atoms with Gasteiger partial charge in [-0.2, -0.15) is 0 Å². The fourth-order valence-electron chi connectivity index (χ4n) is 3.33. The van der Waals surface area contributed by atoms with Crippen LogP contribution in [0.1, 0.15) is 44.0 Å². The molecule has 10 heteroatoms. The molecule has 1 aliphatic heterocycles. The van der Waals surface area contributed by atoms with Crippen LogP contribution in [-0.4, -0.2) is 73.4 Å². The van der Waals surface area contributed by atoms with Crippen molar-refractivity contribution in [1.82, 2.24) is 20.4 Å². The van der Waals surface area contributed by atoms with Crippen molar-refractivity contribution < 1.29 is 27.5 Å². The van der Waals surface area contributed by atoms with E-state index in [1.165, 1.54) is 12.1 Å². The molecule has 1 fully saturated rings. The summed E-state index contributed by atoms with van der Waals surface area (Å²) in [6.07, 6.45) is -3.00. The fraction of sp³-hybridized carbons (Fsp3) is 0.636. The molecule has 0 spiro atoms. The average molecular weight is 459 g/mol. The van der Waals surface area contributed by atoms with Crippen LogP contribution in [0.4, 0.5) is 18.0 Å². The Morgan fingerprint density at radius 1 is 1.16 bits per heavy atom. The molecule has 3 amide bonds. The Balaban J connectivity index is 1.69. The van der Waals surface area contributed by atoms with Crippen molar-refractivity contribution in [3.8, 4) is 5.75 Å². The molecule has 0 atom stereocenters. The maximum atomic E-state index is 12.3. The molecular formula is C22H33F3N4O3. The minimum Gasteiger partial charge on any atom is -0.406 e. The number of nitrogens with zero attached hydrogens (tertiary/aromatic N) is 2. The number of benzene rings is 1. The van der Waals surface area contributed by atoms with E-state index in [1.54, 1.807) is 11.9 Å². The van der Waals surface area contributed by atoms with Gasteiger partial charge in [-0.1, -0.05) is 6.07 Å². The molecule has 2 rings (SSSR count). The zero-order valence-corrected chi connectivity index (χ0v) is 19.1. The number of halogens is 3. The van der Waals surface area contributed by atoms with Crippen LogP contribution in [0.3, 0.4) is 0 Å². The maximum absolute atomic E-state index is 12.3. The van der Waals surface area contributed by atoms with E-state index in [2.05, 4.69) is 20.3 Å². The summed E-state index contributed by atoms with van der Waals surface area (Å²) in [6, 6.07) is 4.94. The monoisotopic (exact) mass is 458 g/mol. The summed E-state index contributed by atoms with van der Waals surface area (Å²) >= 11 is 0. The van der Waals surface area contributed by atoms with Gasteiger partial charge in [0.15, 0.2) is 0 Å². The van der Waals surface area contributed by atoms with Crippen LogP contribution < -0.4 is 15.4 Å². The standard InChI is InChI=1S/C22H33F3N4O3/c1-21(2,3)28(4)20(31)26-10-13-29-11-8-16(9-12-29)15-27-19(30)17-6-5-7-18(14-17)32-22(23,24)25/h5-7,14,16H,8-13,15H2,1-4H3,(H,26,31)(H,27,30). The Morgan fingerprint density at radius 3 is 2.41 bits per heavy atom. The SMILES string of the molecule is CN(C(=O)NCCN1CCC(CNC(=O)c2cccc(OC(F)(F)F)c2)CC1)C(C)(C)C. The van der Waals surface area contributed by atoms with E-state index in [1.807, 2.05) is 20.8 Å². The summed E-state index contributed by atoms with van der Waals surface area (Å²) in [6.45, 7) is 9.44. The van der Waals surface area contributed by atoms with Crippen molar-refractivity contribution in [2.24, 2.45) is 5.92 Å². The third-order valence-corrected chi connectivity index (χ3v) is 5.60. The van der Waals surface area contributed by atoms with Gasteiger partial charge in [-0.05, 0) is 70.8 Å². The molecule has 1 aromatic rings. The van der Waals surface area contributed by atoms with E-state index in [0.29, 0.717) is 19.0 Å². The number of carbonyl (C=O) groups is 2. The van der Waals surface area contributed by atoms with Gasteiger partial charge in [0.05, 0.1) is 0 Å². The molecule has 7 nitrogen and oxygen atoms in total. The molecule has 0 bridgehead atoms. The number of piperidine rings is 1. The van der Waals surface area contributed by atoms with Crippen LogP contribution >= 0.6 is 0 Å². The van der Waals surface area contributed by atoms with E-state index in [-0.39, 0.29) is 17.1 Å². The molecule has 1 saturated heterocycles. The normalized spacial score (nSPS) is 15.8. The Labute approximate surface area is 187 Å². The quantitative estimate of drug-likeness (QED) is 0.656. The first kappa shape index (κ1) is 25.8. The topological polar surface area (TPSA) is 73.9 Å².